The number of hydrogen-bond donors (Lipinski definition) is 0. The van der Waals surface area contributed by atoms with Crippen LogP contribution >= 0.6 is 0 Å². The molecule has 0 radical (unpaired) electrons. The maximum Gasteiger partial charge on any atom is 0.117 e. The van der Waals surface area contributed by atoms with Gasteiger partial charge in [0.2, 0.25) is 0 Å². The van der Waals surface area contributed by atoms with Crippen molar-refractivity contribution < 1.29 is 13.9 Å². The Labute approximate surface area is 114 Å². The zero-order chi connectivity index (χ0) is 13.1. The Balaban J connectivity index is 1.69. The summed E-state index contributed by atoms with van der Waals surface area (Å²) >= 11 is 0. The van der Waals surface area contributed by atoms with Crippen molar-refractivity contribution in [2.24, 2.45) is 5.41 Å². The summed E-state index contributed by atoms with van der Waals surface area (Å²) in [5.74, 6) is 1.04. The van der Waals surface area contributed by atoms with E-state index in [2.05, 4.69) is 4.90 Å². The van der Waals surface area contributed by atoms with Crippen molar-refractivity contribution >= 4 is 0 Å². The standard InChI is InChI=1S/C15H23NO3/c1-17-12-15-6-3-9-19-14(15)5-7-16(11-15)10-13-4-2-8-18-13/h2,4,8,14H,3,5-7,9-12H2,1H3. The van der Waals surface area contributed by atoms with E-state index in [1.807, 2.05) is 12.1 Å². The van der Waals surface area contributed by atoms with E-state index in [1.165, 1.54) is 6.42 Å². The summed E-state index contributed by atoms with van der Waals surface area (Å²) in [6.45, 7) is 4.73. The van der Waals surface area contributed by atoms with Crippen molar-refractivity contribution in [3.63, 3.8) is 0 Å². The predicted octanol–water partition coefficient (Wildman–Crippen LogP) is 2.30. The van der Waals surface area contributed by atoms with E-state index < -0.39 is 0 Å². The Hall–Kier alpha value is -0.840. The molecule has 3 heterocycles. The summed E-state index contributed by atoms with van der Waals surface area (Å²) < 4.78 is 16.9. The molecule has 0 aromatic carbocycles. The molecule has 0 aliphatic carbocycles. The van der Waals surface area contributed by atoms with Crippen molar-refractivity contribution in [3.8, 4) is 0 Å². The molecular formula is C15H23NO3. The molecule has 0 spiro atoms. The molecule has 2 atom stereocenters. The second-order valence-electron chi connectivity index (χ2n) is 5.84. The quantitative estimate of drug-likeness (QED) is 0.836. The van der Waals surface area contributed by atoms with Gasteiger partial charge in [0, 0.05) is 32.2 Å². The minimum absolute atomic E-state index is 0.178. The third-order valence-corrected chi connectivity index (χ3v) is 4.46. The van der Waals surface area contributed by atoms with E-state index in [0.29, 0.717) is 6.10 Å². The van der Waals surface area contributed by atoms with Gasteiger partial charge in [-0.3, -0.25) is 4.90 Å². The Bertz CT molecular complexity index is 388. The van der Waals surface area contributed by atoms with Gasteiger partial charge in [-0.05, 0) is 31.4 Å². The van der Waals surface area contributed by atoms with Gasteiger partial charge in [0.1, 0.15) is 5.76 Å². The van der Waals surface area contributed by atoms with Crippen LogP contribution in [0.5, 0.6) is 0 Å². The fourth-order valence-corrected chi connectivity index (χ4v) is 3.64. The van der Waals surface area contributed by atoms with E-state index in [-0.39, 0.29) is 5.41 Å². The van der Waals surface area contributed by atoms with Gasteiger partial charge in [0.25, 0.3) is 0 Å². The lowest BCUT2D eigenvalue weighted by molar-refractivity contribution is -0.149. The monoisotopic (exact) mass is 265 g/mol. The van der Waals surface area contributed by atoms with Gasteiger partial charge >= 0.3 is 0 Å². The van der Waals surface area contributed by atoms with Crippen LogP contribution in [0.3, 0.4) is 0 Å². The SMILES string of the molecule is COCC12CCCOC1CCN(Cc1ccco1)C2. The summed E-state index contributed by atoms with van der Waals surface area (Å²) in [6, 6.07) is 4.00. The van der Waals surface area contributed by atoms with Gasteiger partial charge in [0.05, 0.1) is 25.5 Å². The summed E-state index contributed by atoms with van der Waals surface area (Å²) in [6.07, 6.45) is 5.57. The number of likely N-dealkylation sites (tertiary alicyclic amines) is 1. The first-order chi connectivity index (χ1) is 9.32. The first-order valence-electron chi connectivity index (χ1n) is 7.18. The van der Waals surface area contributed by atoms with Crippen LogP contribution in [-0.4, -0.2) is 44.4 Å². The normalized spacial score (nSPS) is 32.2. The number of hydrogen-bond acceptors (Lipinski definition) is 4. The van der Waals surface area contributed by atoms with E-state index in [9.17, 15) is 0 Å². The molecule has 4 nitrogen and oxygen atoms in total. The fraction of sp³-hybridized carbons (Fsp3) is 0.733. The largest absolute Gasteiger partial charge is 0.468 e. The Morgan fingerprint density at radius 1 is 1.53 bits per heavy atom. The Kier molecular flexibility index (Phi) is 3.91. The number of nitrogens with zero attached hydrogens (tertiary/aromatic N) is 1. The molecule has 1 aromatic heterocycles. The number of furan rings is 1. The molecule has 2 unspecified atom stereocenters. The van der Waals surface area contributed by atoms with Crippen molar-refractivity contribution in [1.82, 2.24) is 4.90 Å². The lowest BCUT2D eigenvalue weighted by atomic mass is 9.73. The highest BCUT2D eigenvalue weighted by molar-refractivity contribution is 5.01. The second-order valence-corrected chi connectivity index (χ2v) is 5.84. The van der Waals surface area contributed by atoms with Crippen LogP contribution in [0.25, 0.3) is 0 Å². The highest BCUT2D eigenvalue weighted by Crippen LogP contribution is 2.40. The number of methoxy groups -OCH3 is 1. The Morgan fingerprint density at radius 3 is 3.26 bits per heavy atom. The minimum atomic E-state index is 0.178. The smallest absolute Gasteiger partial charge is 0.117 e. The molecule has 106 valence electrons. The fourth-order valence-electron chi connectivity index (χ4n) is 3.64. The van der Waals surface area contributed by atoms with Gasteiger partial charge in [0.15, 0.2) is 0 Å². The summed E-state index contributed by atoms with van der Waals surface area (Å²) in [5, 5.41) is 0. The number of piperidine rings is 1. The first-order valence-corrected chi connectivity index (χ1v) is 7.18. The Morgan fingerprint density at radius 2 is 2.47 bits per heavy atom. The first kappa shape index (κ1) is 13.2. The van der Waals surface area contributed by atoms with Gasteiger partial charge in [-0.1, -0.05) is 0 Å². The maximum atomic E-state index is 5.99. The molecule has 2 aliphatic rings. The number of rotatable bonds is 4. The van der Waals surface area contributed by atoms with Gasteiger partial charge in [-0.15, -0.1) is 0 Å². The minimum Gasteiger partial charge on any atom is -0.468 e. The summed E-state index contributed by atoms with van der Waals surface area (Å²) in [4.78, 5) is 2.48. The van der Waals surface area contributed by atoms with E-state index >= 15 is 0 Å². The van der Waals surface area contributed by atoms with Gasteiger partial charge < -0.3 is 13.9 Å². The molecule has 0 N–H and O–H groups in total. The topological polar surface area (TPSA) is 34.8 Å². The molecule has 0 bridgehead atoms. The molecular weight excluding hydrogens is 242 g/mol. The zero-order valence-corrected chi connectivity index (χ0v) is 11.6. The van der Waals surface area contributed by atoms with Crippen LogP contribution in [0.2, 0.25) is 0 Å². The van der Waals surface area contributed by atoms with E-state index in [0.717, 1.165) is 51.4 Å². The van der Waals surface area contributed by atoms with Crippen LogP contribution < -0.4 is 0 Å². The van der Waals surface area contributed by atoms with Gasteiger partial charge in [-0.25, -0.2) is 0 Å². The molecule has 0 saturated carbocycles. The third-order valence-electron chi connectivity index (χ3n) is 4.46. The van der Waals surface area contributed by atoms with Crippen LogP contribution in [0, 0.1) is 5.41 Å². The molecule has 2 saturated heterocycles. The number of ether oxygens (including phenoxy) is 2. The van der Waals surface area contributed by atoms with Crippen molar-refractivity contribution in [2.45, 2.75) is 31.9 Å². The number of fused-ring (bicyclic) bond motifs is 1. The van der Waals surface area contributed by atoms with Crippen LogP contribution in [0.15, 0.2) is 22.8 Å². The van der Waals surface area contributed by atoms with Crippen LogP contribution in [0.1, 0.15) is 25.0 Å². The van der Waals surface area contributed by atoms with E-state index in [4.69, 9.17) is 13.9 Å². The molecule has 2 aliphatic heterocycles. The molecule has 4 heteroatoms. The average molecular weight is 265 g/mol. The molecule has 19 heavy (non-hydrogen) atoms. The second kappa shape index (κ2) is 5.65. The van der Waals surface area contributed by atoms with Crippen molar-refractivity contribution in [2.75, 3.05) is 33.4 Å². The molecule has 0 amide bonds. The maximum absolute atomic E-state index is 5.99. The zero-order valence-electron chi connectivity index (χ0n) is 11.6. The average Bonchev–Trinajstić information content (AvgIpc) is 2.91. The van der Waals surface area contributed by atoms with Crippen LogP contribution in [-0.2, 0) is 16.0 Å². The highest BCUT2D eigenvalue weighted by Gasteiger charge is 2.45. The lowest BCUT2D eigenvalue weighted by Gasteiger charge is -2.50. The summed E-state index contributed by atoms with van der Waals surface area (Å²) in [7, 11) is 1.80. The third kappa shape index (κ3) is 2.71. The van der Waals surface area contributed by atoms with Gasteiger partial charge in [-0.2, -0.15) is 0 Å². The lowest BCUT2D eigenvalue weighted by Crippen LogP contribution is -2.56. The molecule has 3 rings (SSSR count). The van der Waals surface area contributed by atoms with Crippen LogP contribution in [0.4, 0.5) is 0 Å². The summed E-state index contributed by atoms with van der Waals surface area (Å²) in [5.41, 5.74) is 0.178. The van der Waals surface area contributed by atoms with Crippen molar-refractivity contribution in [1.29, 1.82) is 0 Å². The molecule has 1 aromatic rings. The van der Waals surface area contributed by atoms with Crippen molar-refractivity contribution in [3.05, 3.63) is 24.2 Å². The van der Waals surface area contributed by atoms with E-state index in [1.54, 1.807) is 13.4 Å². The predicted molar refractivity (Wildman–Crippen MR) is 71.9 cm³/mol. The highest BCUT2D eigenvalue weighted by atomic mass is 16.5. The molecule has 2 fully saturated rings.